The van der Waals surface area contributed by atoms with E-state index < -0.39 is 0 Å². The number of aryl methyl sites for hydroxylation is 1. The third-order valence-electron chi connectivity index (χ3n) is 2.76. The quantitative estimate of drug-likeness (QED) is 0.690. The first-order valence-electron chi connectivity index (χ1n) is 5.42. The first-order valence-corrected chi connectivity index (χ1v) is 5.42. The first kappa shape index (κ1) is 9.84. The van der Waals surface area contributed by atoms with E-state index in [4.69, 9.17) is 5.73 Å². The average Bonchev–Trinajstić information content (AvgIpc) is 2.66. The minimum absolute atomic E-state index is 0.524. The van der Waals surface area contributed by atoms with Gasteiger partial charge < -0.3 is 5.73 Å². The van der Waals surface area contributed by atoms with Crippen LogP contribution in [0.5, 0.6) is 0 Å². The van der Waals surface area contributed by atoms with E-state index in [1.807, 2.05) is 37.3 Å². The Morgan fingerprint density at radius 2 is 1.94 bits per heavy atom. The standard InChI is InChI=1S/C13H12N4/c1-9-16-11-4-2-3-5-12(11)17(9)10-6-7-13(14)15-8-10/h2-8H,1H3,(H2,14,15). The lowest BCUT2D eigenvalue weighted by atomic mass is 10.3. The summed E-state index contributed by atoms with van der Waals surface area (Å²) >= 11 is 0. The molecule has 0 spiro atoms. The van der Waals surface area contributed by atoms with Gasteiger partial charge in [-0.3, -0.25) is 4.57 Å². The van der Waals surface area contributed by atoms with Gasteiger partial charge in [0, 0.05) is 0 Å². The van der Waals surface area contributed by atoms with E-state index in [-0.39, 0.29) is 0 Å². The predicted octanol–water partition coefficient (Wildman–Crippen LogP) is 2.31. The molecule has 2 aromatic heterocycles. The average molecular weight is 224 g/mol. The summed E-state index contributed by atoms with van der Waals surface area (Å²) in [5.41, 5.74) is 8.64. The van der Waals surface area contributed by atoms with Crippen molar-refractivity contribution in [3.05, 3.63) is 48.4 Å². The van der Waals surface area contributed by atoms with Gasteiger partial charge >= 0.3 is 0 Å². The fourth-order valence-electron chi connectivity index (χ4n) is 2.00. The third-order valence-corrected chi connectivity index (χ3v) is 2.76. The van der Waals surface area contributed by atoms with Crippen molar-refractivity contribution in [2.24, 2.45) is 0 Å². The number of nitrogens with two attached hydrogens (primary N) is 1. The minimum atomic E-state index is 0.524. The lowest BCUT2D eigenvalue weighted by molar-refractivity contribution is 0.991. The Labute approximate surface area is 98.7 Å². The molecule has 2 N–H and O–H groups in total. The highest BCUT2D eigenvalue weighted by Crippen LogP contribution is 2.20. The van der Waals surface area contributed by atoms with Gasteiger partial charge in [-0.1, -0.05) is 12.1 Å². The van der Waals surface area contributed by atoms with Crippen LogP contribution < -0.4 is 5.73 Å². The summed E-state index contributed by atoms with van der Waals surface area (Å²) < 4.78 is 2.07. The number of hydrogen-bond donors (Lipinski definition) is 1. The van der Waals surface area contributed by atoms with Crippen LogP contribution in [0.2, 0.25) is 0 Å². The molecule has 0 atom stereocenters. The lowest BCUT2D eigenvalue weighted by Crippen LogP contribution is -1.98. The molecule has 2 heterocycles. The van der Waals surface area contributed by atoms with Crippen LogP contribution in [0, 0.1) is 6.92 Å². The molecule has 0 aliphatic heterocycles. The van der Waals surface area contributed by atoms with Gasteiger partial charge in [0.1, 0.15) is 11.6 Å². The number of nitrogens with zero attached hydrogens (tertiary/aromatic N) is 3. The summed E-state index contributed by atoms with van der Waals surface area (Å²) in [5, 5.41) is 0. The second-order valence-corrected chi connectivity index (χ2v) is 3.92. The molecule has 4 heteroatoms. The summed E-state index contributed by atoms with van der Waals surface area (Å²) in [6.45, 7) is 1.98. The molecule has 0 fully saturated rings. The van der Waals surface area contributed by atoms with Gasteiger partial charge in [0.15, 0.2) is 0 Å². The number of benzene rings is 1. The molecule has 4 nitrogen and oxygen atoms in total. The van der Waals surface area contributed by atoms with Gasteiger partial charge in [-0.05, 0) is 31.2 Å². The molecule has 0 radical (unpaired) electrons. The van der Waals surface area contributed by atoms with Crippen LogP contribution >= 0.6 is 0 Å². The number of pyridine rings is 1. The van der Waals surface area contributed by atoms with Gasteiger partial charge in [0.2, 0.25) is 0 Å². The molecule has 3 aromatic rings. The molecule has 1 aromatic carbocycles. The highest BCUT2D eigenvalue weighted by molar-refractivity contribution is 5.78. The number of rotatable bonds is 1. The molecule has 0 saturated carbocycles. The van der Waals surface area contributed by atoms with Crippen molar-refractivity contribution in [2.45, 2.75) is 6.92 Å². The second-order valence-electron chi connectivity index (χ2n) is 3.92. The Hall–Kier alpha value is -2.36. The van der Waals surface area contributed by atoms with E-state index in [0.29, 0.717) is 5.82 Å². The van der Waals surface area contributed by atoms with Crippen LogP contribution in [0.3, 0.4) is 0 Å². The summed E-state index contributed by atoms with van der Waals surface area (Å²) in [5.74, 6) is 1.47. The smallest absolute Gasteiger partial charge is 0.123 e. The number of para-hydroxylation sites is 2. The predicted molar refractivity (Wildman–Crippen MR) is 68.0 cm³/mol. The van der Waals surface area contributed by atoms with Crippen LogP contribution in [0.1, 0.15) is 5.82 Å². The number of aromatic nitrogens is 3. The molecule has 0 amide bonds. The van der Waals surface area contributed by atoms with Crippen molar-refractivity contribution in [1.82, 2.24) is 14.5 Å². The summed E-state index contributed by atoms with van der Waals surface area (Å²) in [6, 6.07) is 11.8. The normalized spacial score (nSPS) is 10.9. The highest BCUT2D eigenvalue weighted by atomic mass is 15.1. The largest absolute Gasteiger partial charge is 0.384 e. The van der Waals surface area contributed by atoms with Crippen LogP contribution in [0.25, 0.3) is 16.7 Å². The zero-order chi connectivity index (χ0) is 11.8. The Morgan fingerprint density at radius 3 is 2.71 bits per heavy atom. The van der Waals surface area contributed by atoms with Crippen molar-refractivity contribution >= 4 is 16.9 Å². The van der Waals surface area contributed by atoms with E-state index in [0.717, 1.165) is 22.5 Å². The first-order chi connectivity index (χ1) is 8.25. The Morgan fingerprint density at radius 1 is 1.12 bits per heavy atom. The lowest BCUT2D eigenvalue weighted by Gasteiger charge is -2.06. The number of hydrogen-bond acceptors (Lipinski definition) is 3. The zero-order valence-electron chi connectivity index (χ0n) is 9.46. The molecule has 84 valence electrons. The number of imidazole rings is 1. The number of fused-ring (bicyclic) bond motifs is 1. The Kier molecular flexibility index (Phi) is 2.08. The van der Waals surface area contributed by atoms with E-state index in [1.54, 1.807) is 12.3 Å². The fourth-order valence-corrected chi connectivity index (χ4v) is 2.00. The maximum absolute atomic E-state index is 5.59. The molecule has 0 aliphatic carbocycles. The Balaban J connectivity index is 2.29. The summed E-state index contributed by atoms with van der Waals surface area (Å²) in [4.78, 5) is 8.63. The monoisotopic (exact) mass is 224 g/mol. The van der Waals surface area contributed by atoms with Gasteiger partial charge in [-0.2, -0.15) is 0 Å². The molecule has 3 rings (SSSR count). The van der Waals surface area contributed by atoms with E-state index >= 15 is 0 Å². The van der Waals surface area contributed by atoms with E-state index in [2.05, 4.69) is 14.5 Å². The maximum atomic E-state index is 5.59. The van der Waals surface area contributed by atoms with Gasteiger partial charge in [-0.25, -0.2) is 9.97 Å². The topological polar surface area (TPSA) is 56.7 Å². The van der Waals surface area contributed by atoms with Crippen LogP contribution in [0.15, 0.2) is 42.6 Å². The second kappa shape index (κ2) is 3.59. The molecule has 0 saturated heterocycles. The highest BCUT2D eigenvalue weighted by Gasteiger charge is 2.08. The van der Waals surface area contributed by atoms with Crippen molar-refractivity contribution in [3.8, 4) is 5.69 Å². The third kappa shape index (κ3) is 1.54. The van der Waals surface area contributed by atoms with E-state index in [1.165, 1.54) is 0 Å². The van der Waals surface area contributed by atoms with Crippen molar-refractivity contribution in [3.63, 3.8) is 0 Å². The molecule has 0 bridgehead atoms. The fraction of sp³-hybridized carbons (Fsp3) is 0.0769. The minimum Gasteiger partial charge on any atom is -0.384 e. The van der Waals surface area contributed by atoms with Gasteiger partial charge in [-0.15, -0.1) is 0 Å². The molecule has 17 heavy (non-hydrogen) atoms. The van der Waals surface area contributed by atoms with Gasteiger partial charge in [0.05, 0.1) is 22.9 Å². The SMILES string of the molecule is Cc1nc2ccccc2n1-c1ccc(N)nc1. The molecule has 0 unspecified atom stereocenters. The maximum Gasteiger partial charge on any atom is 0.123 e. The zero-order valence-corrected chi connectivity index (χ0v) is 9.46. The summed E-state index contributed by atoms with van der Waals surface area (Å²) in [7, 11) is 0. The van der Waals surface area contributed by atoms with Crippen LogP contribution in [0.4, 0.5) is 5.82 Å². The van der Waals surface area contributed by atoms with E-state index in [9.17, 15) is 0 Å². The van der Waals surface area contributed by atoms with Crippen LogP contribution in [-0.2, 0) is 0 Å². The summed E-state index contributed by atoms with van der Waals surface area (Å²) in [6.07, 6.45) is 1.76. The molecule has 0 aliphatic rings. The van der Waals surface area contributed by atoms with Gasteiger partial charge in [0.25, 0.3) is 0 Å². The van der Waals surface area contributed by atoms with Crippen molar-refractivity contribution in [2.75, 3.05) is 5.73 Å². The van der Waals surface area contributed by atoms with Crippen molar-refractivity contribution < 1.29 is 0 Å². The molecular weight excluding hydrogens is 212 g/mol. The van der Waals surface area contributed by atoms with Crippen LogP contribution in [-0.4, -0.2) is 14.5 Å². The number of nitrogen functional groups attached to an aromatic ring is 1. The number of anilines is 1. The Bertz CT molecular complexity index is 667. The molecular formula is C13H12N4. The van der Waals surface area contributed by atoms with Crippen molar-refractivity contribution in [1.29, 1.82) is 0 Å².